The highest BCUT2D eigenvalue weighted by Crippen LogP contribution is 2.33. The highest BCUT2D eigenvalue weighted by Gasteiger charge is 2.09. The van der Waals surface area contributed by atoms with E-state index < -0.39 is 0 Å². The van der Waals surface area contributed by atoms with E-state index in [1.807, 2.05) is 19.1 Å². The van der Waals surface area contributed by atoms with E-state index in [1.54, 1.807) is 6.08 Å². The van der Waals surface area contributed by atoms with Gasteiger partial charge >= 0.3 is 0 Å². The summed E-state index contributed by atoms with van der Waals surface area (Å²) in [7, 11) is 0. The summed E-state index contributed by atoms with van der Waals surface area (Å²) in [6.07, 6.45) is 2.56. The predicted molar refractivity (Wildman–Crippen MR) is 65.9 cm³/mol. The van der Waals surface area contributed by atoms with Crippen molar-refractivity contribution in [1.82, 2.24) is 0 Å². The fourth-order valence-corrected chi connectivity index (χ4v) is 2.00. The lowest BCUT2D eigenvalue weighted by Gasteiger charge is -2.09. The van der Waals surface area contributed by atoms with E-state index in [1.165, 1.54) is 0 Å². The fourth-order valence-electron chi connectivity index (χ4n) is 1.23. The van der Waals surface area contributed by atoms with Crippen LogP contribution in [0.25, 0.3) is 11.6 Å². The number of halogens is 2. The highest BCUT2D eigenvalue weighted by atomic mass is 35.5. The predicted octanol–water partition coefficient (Wildman–Crippen LogP) is 5.06. The lowest BCUT2D eigenvalue weighted by molar-refractivity contribution is 1.24. The number of rotatable bonds is 3. The van der Waals surface area contributed by atoms with Gasteiger partial charge in [0.25, 0.3) is 0 Å². The first-order chi connectivity index (χ1) is 6.60. The zero-order valence-electron chi connectivity index (χ0n) is 8.11. The Morgan fingerprint density at radius 2 is 1.86 bits per heavy atom. The van der Waals surface area contributed by atoms with Crippen molar-refractivity contribution in [3.8, 4) is 0 Å². The minimum Gasteiger partial charge on any atom is -0.0985 e. The normalized spacial score (nSPS) is 9.93. The maximum absolute atomic E-state index is 6.09. The van der Waals surface area contributed by atoms with Crippen molar-refractivity contribution in [2.24, 2.45) is 0 Å². The number of allylic oxidation sites excluding steroid dienone is 1. The molecule has 0 amide bonds. The second-order valence-electron chi connectivity index (χ2n) is 3.02. The standard InChI is InChI=1S/C12H12Cl2/c1-4-8(3)12-10(13)6-9(5-2)7-11(12)14/h5-7H,2-4H2,1H3. The Bertz CT molecular complexity index is 355. The quantitative estimate of drug-likeness (QED) is 0.676. The third kappa shape index (κ3) is 2.20. The monoisotopic (exact) mass is 226 g/mol. The van der Waals surface area contributed by atoms with Gasteiger partial charge in [0, 0.05) is 5.56 Å². The van der Waals surface area contributed by atoms with Gasteiger partial charge in [0.1, 0.15) is 0 Å². The highest BCUT2D eigenvalue weighted by molar-refractivity contribution is 6.37. The Hall–Kier alpha value is -0.720. The molecule has 0 aliphatic rings. The zero-order valence-corrected chi connectivity index (χ0v) is 9.62. The van der Waals surface area contributed by atoms with Crippen LogP contribution in [-0.4, -0.2) is 0 Å². The summed E-state index contributed by atoms with van der Waals surface area (Å²) < 4.78 is 0. The van der Waals surface area contributed by atoms with E-state index in [0.29, 0.717) is 10.0 Å². The van der Waals surface area contributed by atoms with Gasteiger partial charge in [0.05, 0.1) is 10.0 Å². The van der Waals surface area contributed by atoms with Crippen molar-refractivity contribution < 1.29 is 0 Å². The molecule has 2 heteroatoms. The average Bonchev–Trinajstić information content (AvgIpc) is 2.16. The van der Waals surface area contributed by atoms with Crippen LogP contribution in [0.15, 0.2) is 25.3 Å². The summed E-state index contributed by atoms with van der Waals surface area (Å²) in [5.41, 5.74) is 2.73. The molecule has 74 valence electrons. The van der Waals surface area contributed by atoms with Gasteiger partial charge in [-0.05, 0) is 29.7 Å². The molecule has 0 radical (unpaired) electrons. The fraction of sp³-hybridized carbons (Fsp3) is 0.167. The van der Waals surface area contributed by atoms with Crippen LogP contribution >= 0.6 is 23.2 Å². The van der Waals surface area contributed by atoms with E-state index in [9.17, 15) is 0 Å². The van der Waals surface area contributed by atoms with E-state index in [4.69, 9.17) is 23.2 Å². The smallest absolute Gasteiger partial charge is 0.0501 e. The number of hydrogen-bond acceptors (Lipinski definition) is 0. The summed E-state index contributed by atoms with van der Waals surface area (Å²) >= 11 is 12.2. The van der Waals surface area contributed by atoms with E-state index in [-0.39, 0.29) is 0 Å². The van der Waals surface area contributed by atoms with Crippen LogP contribution in [-0.2, 0) is 0 Å². The lowest BCUT2D eigenvalue weighted by Crippen LogP contribution is -1.87. The van der Waals surface area contributed by atoms with E-state index >= 15 is 0 Å². The SMILES string of the molecule is C=Cc1cc(Cl)c(C(=C)CC)c(Cl)c1. The Balaban J connectivity index is 3.31. The van der Waals surface area contributed by atoms with E-state index in [0.717, 1.165) is 23.1 Å². The molecule has 1 aromatic rings. The summed E-state index contributed by atoms with van der Waals surface area (Å²) in [4.78, 5) is 0. The summed E-state index contributed by atoms with van der Waals surface area (Å²) in [5, 5.41) is 1.28. The first-order valence-corrected chi connectivity index (χ1v) is 5.15. The molecule has 0 saturated heterocycles. The molecule has 1 rings (SSSR count). The summed E-state index contributed by atoms with van der Waals surface area (Å²) in [6.45, 7) is 9.62. The molecule has 0 nitrogen and oxygen atoms in total. The van der Waals surface area contributed by atoms with Crippen molar-refractivity contribution >= 4 is 34.9 Å². The van der Waals surface area contributed by atoms with Gasteiger partial charge in [-0.3, -0.25) is 0 Å². The summed E-state index contributed by atoms with van der Waals surface area (Å²) in [5.74, 6) is 0. The number of hydrogen-bond donors (Lipinski definition) is 0. The average molecular weight is 227 g/mol. The Labute approximate surface area is 94.8 Å². The Kier molecular flexibility index (Phi) is 3.79. The molecule has 0 unspecified atom stereocenters. The Morgan fingerprint density at radius 3 is 2.21 bits per heavy atom. The molecule has 0 spiro atoms. The van der Waals surface area contributed by atoms with Crippen LogP contribution in [0.5, 0.6) is 0 Å². The van der Waals surface area contributed by atoms with Gasteiger partial charge in [-0.1, -0.05) is 49.4 Å². The molecule has 0 aliphatic heterocycles. The molecular weight excluding hydrogens is 215 g/mol. The molecule has 0 aromatic heterocycles. The van der Waals surface area contributed by atoms with Gasteiger partial charge in [0.15, 0.2) is 0 Å². The van der Waals surface area contributed by atoms with Crippen LogP contribution in [0.3, 0.4) is 0 Å². The van der Waals surface area contributed by atoms with Crippen LogP contribution in [0.2, 0.25) is 10.0 Å². The topological polar surface area (TPSA) is 0 Å². The lowest BCUT2D eigenvalue weighted by atomic mass is 10.0. The third-order valence-electron chi connectivity index (χ3n) is 2.08. The zero-order chi connectivity index (χ0) is 10.7. The minimum absolute atomic E-state index is 0.638. The van der Waals surface area contributed by atoms with E-state index in [2.05, 4.69) is 13.2 Å². The molecule has 14 heavy (non-hydrogen) atoms. The molecule has 0 bridgehead atoms. The van der Waals surface area contributed by atoms with Crippen LogP contribution in [0.1, 0.15) is 24.5 Å². The summed E-state index contributed by atoms with van der Waals surface area (Å²) in [6, 6.07) is 3.69. The first kappa shape index (κ1) is 11.4. The molecule has 0 aliphatic carbocycles. The first-order valence-electron chi connectivity index (χ1n) is 4.39. The second-order valence-corrected chi connectivity index (χ2v) is 3.84. The van der Waals surface area contributed by atoms with Crippen molar-refractivity contribution in [3.63, 3.8) is 0 Å². The van der Waals surface area contributed by atoms with Crippen molar-refractivity contribution in [2.75, 3.05) is 0 Å². The molecule has 0 heterocycles. The largest absolute Gasteiger partial charge is 0.0985 e. The molecule has 0 fully saturated rings. The van der Waals surface area contributed by atoms with Crippen LogP contribution in [0, 0.1) is 0 Å². The third-order valence-corrected chi connectivity index (χ3v) is 2.68. The van der Waals surface area contributed by atoms with Crippen molar-refractivity contribution in [2.45, 2.75) is 13.3 Å². The van der Waals surface area contributed by atoms with Crippen molar-refractivity contribution in [3.05, 3.63) is 46.5 Å². The molecule has 0 N–H and O–H groups in total. The van der Waals surface area contributed by atoms with Gasteiger partial charge < -0.3 is 0 Å². The molecular formula is C12H12Cl2. The Morgan fingerprint density at radius 1 is 1.36 bits per heavy atom. The van der Waals surface area contributed by atoms with Crippen molar-refractivity contribution in [1.29, 1.82) is 0 Å². The molecule has 0 saturated carbocycles. The number of benzene rings is 1. The van der Waals surface area contributed by atoms with Gasteiger partial charge in [0.2, 0.25) is 0 Å². The molecule has 0 atom stereocenters. The van der Waals surface area contributed by atoms with Gasteiger partial charge in [-0.15, -0.1) is 0 Å². The van der Waals surface area contributed by atoms with Crippen LogP contribution < -0.4 is 0 Å². The van der Waals surface area contributed by atoms with Gasteiger partial charge in [-0.25, -0.2) is 0 Å². The van der Waals surface area contributed by atoms with Gasteiger partial charge in [-0.2, -0.15) is 0 Å². The minimum atomic E-state index is 0.638. The maximum atomic E-state index is 6.09. The van der Waals surface area contributed by atoms with Crippen LogP contribution in [0.4, 0.5) is 0 Å². The molecule has 1 aromatic carbocycles. The maximum Gasteiger partial charge on any atom is 0.0501 e. The second kappa shape index (κ2) is 4.68.